The maximum Gasteiger partial charge on any atom is 0.217 e. The quantitative estimate of drug-likeness (QED) is 0.0404. The first-order valence-corrected chi connectivity index (χ1v) is 32.0. The van der Waals surface area contributed by atoms with E-state index in [1.807, 2.05) is 0 Å². The topological polar surface area (TPSA) is 680 Å². The minimum Gasteiger partial charge on any atom is -0.394 e. The van der Waals surface area contributed by atoms with Gasteiger partial charge in [0.2, 0.25) is 23.6 Å². The largest absolute Gasteiger partial charge is 0.394 e. The van der Waals surface area contributed by atoms with Crippen molar-refractivity contribution in [3.05, 3.63) is 0 Å². The lowest BCUT2D eigenvalue weighted by Gasteiger charge is -2.51. The van der Waals surface area contributed by atoms with E-state index in [2.05, 4.69) is 21.3 Å². The average molecular weight is 1460 g/mol. The highest BCUT2D eigenvalue weighted by Crippen LogP contribution is 2.38. The number of carbonyl (C=O) groups excluding carboxylic acids is 4. The molecule has 0 radical (unpaired) electrons. The molecule has 44 nitrogen and oxygen atoms in total. The molecule has 8 aliphatic rings. The number of rotatable bonds is 25. The third-order valence-electron chi connectivity index (χ3n) is 18.2. The number of nitrogens with one attached hydrogen (secondary N) is 4. The Morgan fingerprint density at radius 2 is 0.620 bits per heavy atom. The number of carbonyl (C=O) groups is 4. The minimum atomic E-state index is -2.50. The van der Waals surface area contributed by atoms with Crippen LogP contribution in [0, 0.1) is 0 Å². The summed E-state index contributed by atoms with van der Waals surface area (Å²) in [5, 5.41) is 242. The summed E-state index contributed by atoms with van der Waals surface area (Å²) >= 11 is 0. The van der Waals surface area contributed by atoms with E-state index in [0.29, 0.717) is 0 Å². The minimum absolute atomic E-state index is 0.809. The van der Waals surface area contributed by atoms with E-state index in [1.165, 1.54) is 6.92 Å². The molecule has 44 heteroatoms. The summed E-state index contributed by atoms with van der Waals surface area (Å²) < 4.78 is 88.8. The van der Waals surface area contributed by atoms with Crippen molar-refractivity contribution >= 4 is 23.6 Å². The summed E-state index contributed by atoms with van der Waals surface area (Å²) in [7, 11) is 0. The van der Waals surface area contributed by atoms with E-state index in [-0.39, 0.29) is 0 Å². The molecule has 0 bridgehead atoms. The van der Waals surface area contributed by atoms with Gasteiger partial charge in [-0.05, 0) is 6.92 Å². The molecule has 25 N–H and O–H groups in total. The Kier molecular flexibility index (Phi) is 29.3. The highest BCUT2D eigenvalue weighted by Gasteiger charge is 2.60. The molecule has 100 heavy (non-hydrogen) atoms. The molecule has 4 amide bonds. The van der Waals surface area contributed by atoms with Crippen LogP contribution in [0.15, 0.2) is 0 Å². The third kappa shape index (κ3) is 18.3. The fourth-order valence-electron chi connectivity index (χ4n) is 12.8. The molecule has 0 aromatic rings. The van der Waals surface area contributed by atoms with Crippen LogP contribution in [0.2, 0.25) is 0 Å². The van der Waals surface area contributed by atoms with Crippen molar-refractivity contribution in [3.8, 4) is 0 Å². The molecule has 8 saturated heterocycles. The summed E-state index contributed by atoms with van der Waals surface area (Å²) in [5.41, 5.74) is 0. The summed E-state index contributed by atoms with van der Waals surface area (Å²) in [6.07, 6.45) is -71.6. The Hall–Kier alpha value is -3.56. The SMILES string of the molecule is CC(=O)N[C@H]1[C@H](O[C@H]2[C@H](O)[C@@H](NC(C)=O)C(O)O[C@@H]2CO[C@@H]2O[C@@H](C)[C@@H](O)[C@@H](O)[C@@H]2O)O[C@H](CO)[C@@H](O[C@@H]2O[C@H](CO[C@H]3O[C@H](CO)[C@@H](O)[C@H](O)[C@@H]3O[C@@H]3O[C@H](CO)[C@@H](O)[C@H](O)[C@H]3NC(C)=O)[C@@H](O)[C@H](O[C@H]3O[C@H](CO)[C@@H](O)[C@H](O)[C@@H]3O[C@@H]3O[C@H](CO)[C@@H](O)[C@H](O)[C@H]3NC(C)=O)[C@@H]2O)[C@@H]1O. The monoisotopic (exact) mass is 1460 g/mol. The normalized spacial score (nSPS) is 48.7. The first-order valence-electron chi connectivity index (χ1n) is 32.0. The van der Waals surface area contributed by atoms with Crippen LogP contribution in [-0.4, -0.2) is 423 Å². The van der Waals surface area contributed by atoms with Crippen LogP contribution in [0.1, 0.15) is 34.6 Å². The van der Waals surface area contributed by atoms with E-state index in [4.69, 9.17) is 71.1 Å². The smallest absolute Gasteiger partial charge is 0.217 e. The van der Waals surface area contributed by atoms with Crippen LogP contribution < -0.4 is 21.3 Å². The number of hydrogen-bond acceptors (Lipinski definition) is 40. The van der Waals surface area contributed by atoms with Gasteiger partial charge in [-0.15, -0.1) is 0 Å². The lowest BCUT2D eigenvalue weighted by atomic mass is 9.93. The molecule has 8 fully saturated rings. The van der Waals surface area contributed by atoms with Crippen LogP contribution in [0.5, 0.6) is 0 Å². The molecule has 8 heterocycles. The molecule has 0 saturated carbocycles. The Balaban J connectivity index is 1.14. The highest BCUT2D eigenvalue weighted by atomic mass is 16.8. The molecule has 8 aliphatic heterocycles. The van der Waals surface area contributed by atoms with Gasteiger partial charge in [-0.1, -0.05) is 0 Å². The van der Waals surface area contributed by atoms with Gasteiger partial charge in [0, 0.05) is 27.7 Å². The Morgan fingerprint density at radius 3 is 1.09 bits per heavy atom. The molecule has 0 aliphatic carbocycles. The molecule has 0 aromatic heterocycles. The van der Waals surface area contributed by atoms with E-state index in [1.54, 1.807) is 0 Å². The first kappa shape index (κ1) is 82.1. The lowest BCUT2D eigenvalue weighted by Crippen LogP contribution is -2.71. The number of amides is 4. The second-order valence-corrected chi connectivity index (χ2v) is 25.4. The van der Waals surface area contributed by atoms with Crippen molar-refractivity contribution in [2.45, 2.75) is 280 Å². The predicted octanol–water partition coefficient (Wildman–Crippen LogP) is -16.8. The van der Waals surface area contributed by atoms with Crippen LogP contribution in [0.4, 0.5) is 0 Å². The van der Waals surface area contributed by atoms with Gasteiger partial charge in [0.15, 0.2) is 50.3 Å². The van der Waals surface area contributed by atoms with E-state index in [9.17, 15) is 126 Å². The number of aliphatic hydroxyl groups excluding tert-OH is 21. The number of ether oxygens (including phenoxy) is 15. The van der Waals surface area contributed by atoms with Crippen molar-refractivity contribution < 1.29 is 197 Å². The molecule has 8 rings (SSSR count). The Bertz CT molecular complexity index is 2620. The average Bonchev–Trinajstić information content (AvgIpc) is 0.773. The highest BCUT2D eigenvalue weighted by molar-refractivity contribution is 5.74. The van der Waals surface area contributed by atoms with Crippen LogP contribution in [0.3, 0.4) is 0 Å². The van der Waals surface area contributed by atoms with Crippen molar-refractivity contribution in [2.24, 2.45) is 0 Å². The van der Waals surface area contributed by atoms with Crippen LogP contribution >= 0.6 is 0 Å². The second-order valence-electron chi connectivity index (χ2n) is 25.4. The molecule has 578 valence electrons. The van der Waals surface area contributed by atoms with Gasteiger partial charge < -0.3 is 200 Å². The van der Waals surface area contributed by atoms with Crippen LogP contribution in [0.25, 0.3) is 0 Å². The van der Waals surface area contributed by atoms with Gasteiger partial charge in [-0.2, -0.15) is 0 Å². The van der Waals surface area contributed by atoms with Crippen molar-refractivity contribution in [2.75, 3.05) is 46.2 Å². The van der Waals surface area contributed by atoms with Crippen molar-refractivity contribution in [3.63, 3.8) is 0 Å². The zero-order valence-electron chi connectivity index (χ0n) is 54.2. The van der Waals surface area contributed by atoms with E-state index < -0.39 is 315 Å². The summed E-state index contributed by atoms with van der Waals surface area (Å²) in [6.45, 7) is -1.92. The van der Waals surface area contributed by atoms with Crippen LogP contribution in [-0.2, 0) is 90.2 Å². The first-order chi connectivity index (χ1) is 47.2. The summed E-state index contributed by atoms with van der Waals surface area (Å²) in [5.74, 6) is -3.42. The zero-order valence-corrected chi connectivity index (χ0v) is 54.2. The van der Waals surface area contributed by atoms with Gasteiger partial charge in [0.25, 0.3) is 0 Å². The second kappa shape index (κ2) is 35.7. The fourth-order valence-corrected chi connectivity index (χ4v) is 12.8. The van der Waals surface area contributed by atoms with Gasteiger partial charge in [-0.3, -0.25) is 19.2 Å². The van der Waals surface area contributed by atoms with Gasteiger partial charge in [0.05, 0.1) is 52.4 Å². The Morgan fingerprint density at radius 1 is 0.280 bits per heavy atom. The third-order valence-corrected chi connectivity index (χ3v) is 18.2. The zero-order chi connectivity index (χ0) is 73.8. The standard InChI is InChI=1S/C56H94N4O40/c1-13-29(70)39(80)42(83)53(88-13)86-12-24-45(37(78)25(49(85)89-24)57-14(2)66)96-52-28(60-17(5)69)38(79)44(22(10-65)94-52)97-54-43(84)46(98-56-48(41(82)33(74)21(9-64)93-56)100-51-27(59-16(4)68)36(77)31(72)19(7-62)91-51)34(75)23(95-54)11-87-55-47(40(81)32(73)20(8-63)92-55)99-50-26(58-15(3)67)35(76)30(71)18(6-61)90-50/h13,18-56,61-65,70-85H,6-12H2,1-5H3,(H,57,66)(H,58,67)(H,59,68)(H,60,69)/t13-,18+,19+,20+,21+,22+,23+,24+,25+,26+,27+,28+,29+,30+,31+,32+,33+,34+,35+,36+,37+,38+,39+,40-,41-,42-,43-,44+,45+,46-,47-,48-,49?,50-,51-,52-,53+,54-,55-,56+/m0/s1. The number of aliphatic hydroxyl groups is 21. The van der Waals surface area contributed by atoms with Gasteiger partial charge in [-0.25, -0.2) is 0 Å². The fraction of sp³-hybridized carbons (Fsp3) is 0.929. The van der Waals surface area contributed by atoms with Gasteiger partial charge in [0.1, 0.15) is 189 Å². The molecule has 0 aromatic carbocycles. The molecule has 0 spiro atoms. The molecule has 40 atom stereocenters. The summed E-state index contributed by atoms with van der Waals surface area (Å²) in [6, 6.07) is -7.10. The Labute approximate surface area is 567 Å². The summed E-state index contributed by atoms with van der Waals surface area (Å²) in [4.78, 5) is 50.2. The lowest BCUT2D eigenvalue weighted by molar-refractivity contribution is -0.396. The van der Waals surface area contributed by atoms with Crippen molar-refractivity contribution in [1.82, 2.24) is 21.3 Å². The maximum absolute atomic E-state index is 13.1. The number of hydrogen-bond donors (Lipinski definition) is 25. The maximum atomic E-state index is 13.1. The van der Waals surface area contributed by atoms with E-state index >= 15 is 0 Å². The molecule has 1 unspecified atom stereocenters. The predicted molar refractivity (Wildman–Crippen MR) is 309 cm³/mol. The molecular weight excluding hydrogens is 1370 g/mol. The molecular formula is C56H94N4O40. The van der Waals surface area contributed by atoms with Crippen molar-refractivity contribution in [1.29, 1.82) is 0 Å². The van der Waals surface area contributed by atoms with E-state index in [0.717, 1.165) is 27.7 Å². The van der Waals surface area contributed by atoms with Gasteiger partial charge >= 0.3 is 0 Å².